The van der Waals surface area contributed by atoms with Gasteiger partial charge in [0, 0.05) is 47.3 Å². The van der Waals surface area contributed by atoms with Crippen molar-refractivity contribution in [3.8, 4) is 11.4 Å². The van der Waals surface area contributed by atoms with Crippen molar-refractivity contribution in [1.82, 2.24) is 9.97 Å². The molecule has 0 amide bonds. The normalized spacial score (nSPS) is 14.3. The summed E-state index contributed by atoms with van der Waals surface area (Å²) >= 11 is 3.49. The summed E-state index contributed by atoms with van der Waals surface area (Å²) in [5.74, 6) is 1.50. The molecule has 5 rings (SSSR count). The van der Waals surface area contributed by atoms with E-state index in [0.717, 1.165) is 64.4 Å². The molecule has 0 spiro atoms. The standard InChI is InChI=1S/C24H20BrFN4/c25-18-7-5-17(6-8-18)23-27-22-4-2-1-3-21(22)24(28-23)30-15-13-29(14-16-30)20-11-9-19(26)10-12-20/h1-12H,13-16H2. The van der Waals surface area contributed by atoms with Gasteiger partial charge >= 0.3 is 0 Å². The first kappa shape index (κ1) is 19.0. The molecule has 4 nitrogen and oxygen atoms in total. The lowest BCUT2D eigenvalue weighted by atomic mass is 10.1. The zero-order valence-corrected chi connectivity index (χ0v) is 17.9. The highest BCUT2D eigenvalue weighted by Crippen LogP contribution is 2.29. The maximum atomic E-state index is 13.2. The smallest absolute Gasteiger partial charge is 0.162 e. The monoisotopic (exact) mass is 462 g/mol. The summed E-state index contributed by atoms with van der Waals surface area (Å²) in [5.41, 5.74) is 3.00. The Morgan fingerprint density at radius 2 is 1.40 bits per heavy atom. The summed E-state index contributed by atoms with van der Waals surface area (Å²) in [5, 5.41) is 1.06. The molecule has 150 valence electrons. The second kappa shape index (κ2) is 8.03. The third kappa shape index (κ3) is 3.75. The maximum Gasteiger partial charge on any atom is 0.162 e. The van der Waals surface area contributed by atoms with Crippen LogP contribution in [0.15, 0.2) is 77.3 Å². The average molecular weight is 463 g/mol. The van der Waals surface area contributed by atoms with E-state index in [-0.39, 0.29) is 5.82 Å². The third-order valence-corrected chi connectivity index (χ3v) is 5.99. The number of piperazine rings is 1. The summed E-state index contributed by atoms with van der Waals surface area (Å²) in [6, 6.07) is 23.0. The first-order valence-corrected chi connectivity index (χ1v) is 10.7. The van der Waals surface area contributed by atoms with Crippen LogP contribution < -0.4 is 9.80 Å². The van der Waals surface area contributed by atoms with Crippen molar-refractivity contribution >= 4 is 38.3 Å². The lowest BCUT2D eigenvalue weighted by molar-refractivity contribution is 0.624. The van der Waals surface area contributed by atoms with Crippen LogP contribution in [0.4, 0.5) is 15.9 Å². The number of rotatable bonds is 3. The van der Waals surface area contributed by atoms with Crippen LogP contribution in [-0.4, -0.2) is 36.1 Å². The summed E-state index contributed by atoms with van der Waals surface area (Å²) in [7, 11) is 0. The molecular formula is C24H20BrFN4. The number of halogens is 2. The van der Waals surface area contributed by atoms with Gasteiger partial charge in [0.2, 0.25) is 0 Å². The predicted octanol–water partition coefficient (Wildman–Crippen LogP) is 5.53. The molecule has 0 atom stereocenters. The minimum atomic E-state index is -0.203. The number of nitrogens with zero attached hydrogens (tertiary/aromatic N) is 4. The van der Waals surface area contributed by atoms with Gasteiger partial charge in [-0.15, -0.1) is 0 Å². The Bertz CT molecular complexity index is 1170. The molecule has 1 aliphatic rings. The number of anilines is 2. The SMILES string of the molecule is Fc1ccc(N2CCN(c3nc(-c4ccc(Br)cc4)nc4ccccc34)CC2)cc1. The topological polar surface area (TPSA) is 32.3 Å². The minimum absolute atomic E-state index is 0.203. The highest BCUT2D eigenvalue weighted by molar-refractivity contribution is 9.10. The van der Waals surface area contributed by atoms with E-state index in [4.69, 9.17) is 9.97 Å². The van der Waals surface area contributed by atoms with Gasteiger partial charge in [-0.3, -0.25) is 0 Å². The van der Waals surface area contributed by atoms with Crippen molar-refractivity contribution in [3.63, 3.8) is 0 Å². The van der Waals surface area contributed by atoms with Crippen LogP contribution in [0.5, 0.6) is 0 Å². The van der Waals surface area contributed by atoms with E-state index in [1.165, 1.54) is 12.1 Å². The van der Waals surface area contributed by atoms with E-state index in [1.54, 1.807) is 0 Å². The van der Waals surface area contributed by atoms with Gasteiger partial charge in [0.1, 0.15) is 11.6 Å². The Morgan fingerprint density at radius 1 is 0.733 bits per heavy atom. The van der Waals surface area contributed by atoms with Gasteiger partial charge in [-0.1, -0.05) is 40.2 Å². The number of hydrogen-bond acceptors (Lipinski definition) is 4. The van der Waals surface area contributed by atoms with Crippen molar-refractivity contribution in [1.29, 1.82) is 0 Å². The zero-order valence-electron chi connectivity index (χ0n) is 16.3. The van der Waals surface area contributed by atoms with Crippen LogP contribution in [0.3, 0.4) is 0 Å². The third-order valence-electron chi connectivity index (χ3n) is 5.46. The Labute approximate surface area is 183 Å². The van der Waals surface area contributed by atoms with Gasteiger partial charge in [-0.25, -0.2) is 14.4 Å². The first-order chi connectivity index (χ1) is 14.7. The Hall–Kier alpha value is -2.99. The van der Waals surface area contributed by atoms with Crippen LogP contribution in [0.25, 0.3) is 22.3 Å². The van der Waals surface area contributed by atoms with E-state index in [9.17, 15) is 4.39 Å². The molecule has 0 bridgehead atoms. The van der Waals surface area contributed by atoms with Gasteiger partial charge in [0.25, 0.3) is 0 Å². The summed E-state index contributed by atoms with van der Waals surface area (Å²) in [4.78, 5) is 14.4. The molecule has 0 aliphatic carbocycles. The zero-order chi connectivity index (χ0) is 20.5. The molecule has 1 saturated heterocycles. The summed E-state index contributed by atoms with van der Waals surface area (Å²) < 4.78 is 14.3. The fourth-order valence-corrected chi connectivity index (χ4v) is 4.12. The number of aromatic nitrogens is 2. The molecule has 30 heavy (non-hydrogen) atoms. The van der Waals surface area contributed by atoms with Crippen molar-refractivity contribution in [3.05, 3.63) is 83.1 Å². The van der Waals surface area contributed by atoms with Gasteiger partial charge < -0.3 is 9.80 Å². The lowest BCUT2D eigenvalue weighted by Gasteiger charge is -2.37. The van der Waals surface area contributed by atoms with E-state index in [2.05, 4.69) is 31.8 Å². The van der Waals surface area contributed by atoms with E-state index < -0.39 is 0 Å². The van der Waals surface area contributed by atoms with Gasteiger partial charge in [-0.05, 0) is 48.5 Å². The van der Waals surface area contributed by atoms with Crippen molar-refractivity contribution in [2.24, 2.45) is 0 Å². The van der Waals surface area contributed by atoms with E-state index in [1.807, 2.05) is 54.6 Å². The molecule has 0 N–H and O–H groups in total. The molecule has 0 radical (unpaired) electrons. The second-order valence-corrected chi connectivity index (χ2v) is 8.26. The number of para-hydroxylation sites is 1. The minimum Gasteiger partial charge on any atom is -0.368 e. The summed E-state index contributed by atoms with van der Waals surface area (Å²) in [6.07, 6.45) is 0. The highest BCUT2D eigenvalue weighted by Gasteiger charge is 2.21. The molecule has 3 aromatic carbocycles. The molecule has 0 unspecified atom stereocenters. The van der Waals surface area contributed by atoms with Gasteiger partial charge in [0.15, 0.2) is 5.82 Å². The van der Waals surface area contributed by atoms with Crippen LogP contribution in [0.1, 0.15) is 0 Å². The predicted molar refractivity (Wildman–Crippen MR) is 124 cm³/mol. The van der Waals surface area contributed by atoms with Crippen molar-refractivity contribution < 1.29 is 4.39 Å². The largest absolute Gasteiger partial charge is 0.368 e. The van der Waals surface area contributed by atoms with Crippen LogP contribution in [0, 0.1) is 5.82 Å². The van der Waals surface area contributed by atoms with Crippen molar-refractivity contribution in [2.75, 3.05) is 36.0 Å². The average Bonchev–Trinajstić information content (AvgIpc) is 2.79. The number of fused-ring (bicyclic) bond motifs is 1. The molecule has 0 saturated carbocycles. The highest BCUT2D eigenvalue weighted by atomic mass is 79.9. The van der Waals surface area contributed by atoms with Gasteiger partial charge in [0.05, 0.1) is 5.52 Å². The number of benzene rings is 3. The molecule has 2 heterocycles. The quantitative estimate of drug-likeness (QED) is 0.400. The second-order valence-electron chi connectivity index (χ2n) is 7.35. The molecule has 1 fully saturated rings. The molecule has 1 aliphatic heterocycles. The first-order valence-electron chi connectivity index (χ1n) is 9.95. The lowest BCUT2D eigenvalue weighted by Crippen LogP contribution is -2.47. The van der Waals surface area contributed by atoms with Gasteiger partial charge in [-0.2, -0.15) is 0 Å². The molecular weight excluding hydrogens is 443 g/mol. The van der Waals surface area contributed by atoms with E-state index >= 15 is 0 Å². The fourth-order valence-electron chi connectivity index (χ4n) is 3.86. The molecule has 6 heteroatoms. The van der Waals surface area contributed by atoms with Crippen molar-refractivity contribution in [2.45, 2.75) is 0 Å². The van der Waals surface area contributed by atoms with Crippen LogP contribution in [-0.2, 0) is 0 Å². The Balaban J connectivity index is 1.46. The Morgan fingerprint density at radius 3 is 2.13 bits per heavy atom. The van der Waals surface area contributed by atoms with E-state index in [0.29, 0.717) is 0 Å². The fraction of sp³-hybridized carbons (Fsp3) is 0.167. The maximum absolute atomic E-state index is 13.2. The number of hydrogen-bond donors (Lipinski definition) is 0. The van der Waals surface area contributed by atoms with Crippen LogP contribution in [0.2, 0.25) is 0 Å². The molecule has 1 aromatic heterocycles. The Kier molecular flexibility index (Phi) is 5.09. The summed E-state index contributed by atoms with van der Waals surface area (Å²) in [6.45, 7) is 3.41. The molecule has 4 aromatic rings. The van der Waals surface area contributed by atoms with Crippen LogP contribution >= 0.6 is 15.9 Å².